The van der Waals surface area contributed by atoms with Gasteiger partial charge in [-0.15, -0.1) is 0 Å². The number of carboxylic acids is 3. The van der Waals surface area contributed by atoms with E-state index in [4.69, 9.17) is 20.6 Å². The standard InChI is InChI=1S/C7H7NO7.K.H/c8-3-15-7(6(13)14,1-4(9)10)2-5(11)12;;/h1-2H2,(H,9,10)(H,11,12)(H,13,14);;/q;+1;-1. The summed E-state index contributed by atoms with van der Waals surface area (Å²) in [4.78, 5) is 31.3. The molecule has 0 atom stereocenters. The summed E-state index contributed by atoms with van der Waals surface area (Å²) in [6.45, 7) is 0. The summed E-state index contributed by atoms with van der Waals surface area (Å²) in [7, 11) is 0. The Hall–Kier alpha value is -0.664. The molecular formula is C7H8KNO7. The smallest absolute Gasteiger partial charge is 1.00 e. The van der Waals surface area contributed by atoms with Crippen LogP contribution in [0.3, 0.4) is 0 Å². The van der Waals surface area contributed by atoms with Crippen molar-refractivity contribution in [3.63, 3.8) is 0 Å². The van der Waals surface area contributed by atoms with Crippen molar-refractivity contribution in [1.29, 1.82) is 5.26 Å². The van der Waals surface area contributed by atoms with Crippen LogP contribution in [0.2, 0.25) is 0 Å². The number of nitrogens with zero attached hydrogens (tertiary/aromatic N) is 1. The van der Waals surface area contributed by atoms with Crippen LogP contribution in [0.25, 0.3) is 0 Å². The fourth-order valence-corrected chi connectivity index (χ4v) is 0.905. The molecule has 0 aromatic heterocycles. The Balaban J connectivity index is -0.000000980. The Morgan fingerprint density at radius 1 is 1.19 bits per heavy atom. The predicted octanol–water partition coefficient (Wildman–Crippen LogP) is -3.63. The zero-order valence-corrected chi connectivity index (χ0v) is 11.5. The molecule has 0 saturated heterocycles. The van der Waals surface area contributed by atoms with Gasteiger partial charge in [0.1, 0.15) is 0 Å². The van der Waals surface area contributed by atoms with Gasteiger partial charge in [-0.05, 0) is 0 Å². The molecule has 0 bridgehead atoms. The molecule has 0 unspecified atom stereocenters. The third-order valence-corrected chi connectivity index (χ3v) is 1.50. The van der Waals surface area contributed by atoms with E-state index in [9.17, 15) is 14.4 Å². The second-order valence-corrected chi connectivity index (χ2v) is 2.63. The minimum atomic E-state index is -2.55. The SMILES string of the molecule is N#COC(CC(=O)O)(CC(=O)O)C(=O)O.[H-].[K+]. The first-order chi connectivity index (χ1) is 6.84. The van der Waals surface area contributed by atoms with Crippen LogP contribution >= 0.6 is 0 Å². The van der Waals surface area contributed by atoms with Gasteiger partial charge in [-0.25, -0.2) is 4.79 Å². The topological polar surface area (TPSA) is 145 Å². The summed E-state index contributed by atoms with van der Waals surface area (Å²) in [6.07, 6.45) is -1.22. The van der Waals surface area contributed by atoms with E-state index < -0.39 is 36.4 Å². The summed E-state index contributed by atoms with van der Waals surface area (Å²) in [5.41, 5.74) is -2.55. The Labute approximate surface area is 134 Å². The molecule has 9 heteroatoms. The van der Waals surface area contributed by atoms with Gasteiger partial charge < -0.3 is 21.5 Å². The molecule has 0 rings (SSSR count). The number of ether oxygens (including phenoxy) is 1. The van der Waals surface area contributed by atoms with Gasteiger partial charge in [0.05, 0.1) is 12.8 Å². The molecule has 8 nitrogen and oxygen atoms in total. The van der Waals surface area contributed by atoms with Crippen molar-refractivity contribution >= 4 is 17.9 Å². The summed E-state index contributed by atoms with van der Waals surface area (Å²) in [5, 5.41) is 33.6. The van der Waals surface area contributed by atoms with Crippen molar-refractivity contribution in [2.45, 2.75) is 18.4 Å². The maximum Gasteiger partial charge on any atom is 1.00 e. The Kier molecular flexibility index (Phi) is 8.40. The van der Waals surface area contributed by atoms with Crippen molar-refractivity contribution in [3.05, 3.63) is 0 Å². The maximum atomic E-state index is 10.7. The van der Waals surface area contributed by atoms with E-state index in [1.807, 2.05) is 0 Å². The van der Waals surface area contributed by atoms with Gasteiger partial charge in [-0.2, -0.15) is 5.26 Å². The van der Waals surface area contributed by atoms with Crippen molar-refractivity contribution in [2.75, 3.05) is 0 Å². The van der Waals surface area contributed by atoms with E-state index in [0.29, 0.717) is 0 Å². The van der Waals surface area contributed by atoms with E-state index in [1.54, 1.807) is 0 Å². The second kappa shape index (κ2) is 7.58. The fourth-order valence-electron chi connectivity index (χ4n) is 0.905. The summed E-state index contributed by atoms with van der Waals surface area (Å²) in [5.74, 6) is -4.96. The van der Waals surface area contributed by atoms with Gasteiger partial charge in [-0.1, -0.05) is 0 Å². The van der Waals surface area contributed by atoms with Crippen LogP contribution in [-0.4, -0.2) is 38.8 Å². The molecule has 0 aliphatic rings. The van der Waals surface area contributed by atoms with Crippen LogP contribution in [0, 0.1) is 11.5 Å². The number of nitriles is 1. The zero-order valence-electron chi connectivity index (χ0n) is 9.34. The third kappa shape index (κ3) is 5.43. The Morgan fingerprint density at radius 2 is 1.56 bits per heavy atom. The predicted molar refractivity (Wildman–Crippen MR) is 42.7 cm³/mol. The molecule has 0 amide bonds. The molecule has 16 heavy (non-hydrogen) atoms. The number of hydrogen-bond donors (Lipinski definition) is 3. The average Bonchev–Trinajstić information content (AvgIpc) is 2.01. The summed E-state index contributed by atoms with van der Waals surface area (Å²) in [6, 6.07) is 0. The number of aliphatic carboxylic acids is 3. The molecule has 0 aliphatic heterocycles. The molecule has 0 aliphatic carbocycles. The first-order valence-electron chi connectivity index (χ1n) is 3.58. The average molecular weight is 257 g/mol. The van der Waals surface area contributed by atoms with Gasteiger partial charge >= 0.3 is 69.3 Å². The fraction of sp³-hybridized carbons (Fsp3) is 0.429. The molecule has 0 heterocycles. The van der Waals surface area contributed by atoms with Crippen LogP contribution < -0.4 is 51.4 Å². The molecule has 84 valence electrons. The normalized spacial score (nSPS) is 9.44. The molecule has 0 radical (unpaired) electrons. The Morgan fingerprint density at radius 3 is 1.75 bits per heavy atom. The number of carboxylic acid groups (broad SMARTS) is 3. The third-order valence-electron chi connectivity index (χ3n) is 1.50. The van der Waals surface area contributed by atoms with Crippen molar-refractivity contribution < 1.29 is 87.3 Å². The minimum Gasteiger partial charge on any atom is -1.00 e. The van der Waals surface area contributed by atoms with Crippen LogP contribution in [-0.2, 0) is 19.1 Å². The molecule has 0 aromatic rings. The van der Waals surface area contributed by atoms with E-state index in [0.717, 1.165) is 6.26 Å². The second-order valence-electron chi connectivity index (χ2n) is 2.63. The molecule has 0 saturated carbocycles. The van der Waals surface area contributed by atoms with Crippen molar-refractivity contribution in [2.24, 2.45) is 0 Å². The maximum absolute atomic E-state index is 10.7. The van der Waals surface area contributed by atoms with E-state index in [2.05, 4.69) is 4.74 Å². The number of carbonyl (C=O) groups is 3. The number of hydrogen-bond acceptors (Lipinski definition) is 5. The summed E-state index contributed by atoms with van der Waals surface area (Å²) < 4.78 is 4.06. The van der Waals surface area contributed by atoms with Crippen LogP contribution in [0.1, 0.15) is 14.3 Å². The van der Waals surface area contributed by atoms with Gasteiger partial charge in [-0.3, -0.25) is 9.59 Å². The summed E-state index contributed by atoms with van der Waals surface area (Å²) >= 11 is 0. The largest absolute Gasteiger partial charge is 1.00 e. The quantitative estimate of drug-likeness (QED) is 0.326. The Bertz CT molecular complexity index is 324. The van der Waals surface area contributed by atoms with E-state index in [1.165, 1.54) is 0 Å². The zero-order chi connectivity index (χ0) is 12.1. The van der Waals surface area contributed by atoms with Gasteiger partial charge in [0.25, 0.3) is 6.26 Å². The van der Waals surface area contributed by atoms with Crippen molar-refractivity contribution in [1.82, 2.24) is 0 Å². The van der Waals surface area contributed by atoms with Gasteiger partial charge in [0.2, 0.25) is 5.60 Å². The molecule has 0 fully saturated rings. The first kappa shape index (κ1) is 17.7. The van der Waals surface area contributed by atoms with Crippen LogP contribution in [0.15, 0.2) is 0 Å². The molecule has 0 spiro atoms. The van der Waals surface area contributed by atoms with Gasteiger partial charge in [0, 0.05) is 0 Å². The van der Waals surface area contributed by atoms with Gasteiger partial charge in [0.15, 0.2) is 0 Å². The minimum absolute atomic E-state index is 0. The van der Waals surface area contributed by atoms with E-state index in [-0.39, 0.29) is 52.8 Å². The van der Waals surface area contributed by atoms with Crippen LogP contribution in [0.4, 0.5) is 0 Å². The van der Waals surface area contributed by atoms with Crippen LogP contribution in [0.5, 0.6) is 0 Å². The molecular weight excluding hydrogens is 249 g/mol. The molecule has 0 aromatic carbocycles. The van der Waals surface area contributed by atoms with E-state index >= 15 is 0 Å². The number of rotatable bonds is 6. The first-order valence-corrected chi connectivity index (χ1v) is 3.58. The monoisotopic (exact) mass is 257 g/mol. The van der Waals surface area contributed by atoms with Crippen molar-refractivity contribution in [3.8, 4) is 6.26 Å². The molecule has 3 N–H and O–H groups in total.